The van der Waals surface area contributed by atoms with Crippen molar-refractivity contribution in [2.75, 3.05) is 17.2 Å². The minimum Gasteiger partial charge on any atom is -0.354 e. The Bertz CT molecular complexity index is 629. The normalized spacial score (nSPS) is 10.4. The summed E-state index contributed by atoms with van der Waals surface area (Å²) in [6.45, 7) is 5.92. The Balaban J connectivity index is 2.39. The van der Waals surface area contributed by atoms with Crippen molar-refractivity contribution in [1.29, 1.82) is 0 Å². The van der Waals surface area contributed by atoms with Gasteiger partial charge in [0.05, 0.1) is 0 Å². The standard InChI is InChI=1S/C14H16F2N4/c1-4-17-14-18-7-9(3)13(20-14)19-12-10(15)6-5-8(2)11(12)16/h5-7H,4H2,1-3H3,(H2,17,18,19,20). The largest absolute Gasteiger partial charge is 0.354 e. The van der Waals surface area contributed by atoms with Crippen LogP contribution in [0.15, 0.2) is 18.3 Å². The lowest BCUT2D eigenvalue weighted by Crippen LogP contribution is -2.07. The van der Waals surface area contributed by atoms with Crippen molar-refractivity contribution in [3.63, 3.8) is 0 Å². The second-order valence-electron chi connectivity index (χ2n) is 4.43. The number of nitrogens with one attached hydrogen (secondary N) is 2. The van der Waals surface area contributed by atoms with E-state index in [9.17, 15) is 8.78 Å². The molecule has 4 nitrogen and oxygen atoms in total. The van der Waals surface area contributed by atoms with E-state index >= 15 is 0 Å². The zero-order valence-corrected chi connectivity index (χ0v) is 11.6. The first-order valence-electron chi connectivity index (χ1n) is 6.32. The number of anilines is 3. The number of aromatic nitrogens is 2. The van der Waals surface area contributed by atoms with E-state index in [0.717, 1.165) is 0 Å². The molecule has 0 saturated carbocycles. The summed E-state index contributed by atoms with van der Waals surface area (Å²) in [5.41, 5.74) is 0.869. The highest BCUT2D eigenvalue weighted by Gasteiger charge is 2.13. The first-order valence-corrected chi connectivity index (χ1v) is 6.32. The van der Waals surface area contributed by atoms with E-state index in [-0.39, 0.29) is 5.69 Å². The van der Waals surface area contributed by atoms with Crippen LogP contribution in [0.25, 0.3) is 0 Å². The lowest BCUT2D eigenvalue weighted by molar-refractivity contribution is 0.584. The quantitative estimate of drug-likeness (QED) is 0.898. The van der Waals surface area contributed by atoms with Crippen LogP contribution >= 0.6 is 0 Å². The fourth-order valence-electron chi connectivity index (χ4n) is 1.70. The molecule has 0 aliphatic rings. The highest BCUT2D eigenvalue weighted by Crippen LogP contribution is 2.26. The van der Waals surface area contributed by atoms with Crippen molar-refractivity contribution in [1.82, 2.24) is 9.97 Å². The summed E-state index contributed by atoms with van der Waals surface area (Å²) in [5.74, 6) is -0.488. The lowest BCUT2D eigenvalue weighted by Gasteiger charge is -2.12. The molecule has 0 unspecified atom stereocenters. The Labute approximate surface area is 116 Å². The fourth-order valence-corrected chi connectivity index (χ4v) is 1.70. The summed E-state index contributed by atoms with van der Waals surface area (Å²) in [6.07, 6.45) is 1.60. The van der Waals surface area contributed by atoms with E-state index in [1.165, 1.54) is 12.1 Å². The predicted molar refractivity (Wildman–Crippen MR) is 75.3 cm³/mol. The van der Waals surface area contributed by atoms with Crippen molar-refractivity contribution in [3.05, 3.63) is 41.1 Å². The Morgan fingerprint density at radius 3 is 2.60 bits per heavy atom. The van der Waals surface area contributed by atoms with Crippen LogP contribution in [0, 0.1) is 25.5 Å². The number of aryl methyl sites for hydroxylation is 2. The molecule has 2 N–H and O–H groups in total. The molecule has 0 fully saturated rings. The van der Waals surface area contributed by atoms with Gasteiger partial charge in [-0.05, 0) is 32.4 Å². The molecule has 0 radical (unpaired) electrons. The topological polar surface area (TPSA) is 49.8 Å². The van der Waals surface area contributed by atoms with E-state index in [2.05, 4.69) is 20.6 Å². The molecular weight excluding hydrogens is 262 g/mol. The molecule has 1 heterocycles. The molecular formula is C14H16F2N4. The first kappa shape index (κ1) is 14.2. The smallest absolute Gasteiger partial charge is 0.224 e. The van der Waals surface area contributed by atoms with Gasteiger partial charge in [0.1, 0.15) is 17.3 Å². The van der Waals surface area contributed by atoms with Crippen molar-refractivity contribution in [2.45, 2.75) is 20.8 Å². The van der Waals surface area contributed by atoms with E-state index < -0.39 is 11.6 Å². The fraction of sp³-hybridized carbons (Fsp3) is 0.286. The molecule has 0 spiro atoms. The Morgan fingerprint density at radius 1 is 1.15 bits per heavy atom. The number of halogens is 2. The third kappa shape index (κ3) is 2.84. The molecule has 1 aromatic heterocycles. The monoisotopic (exact) mass is 278 g/mol. The maximum atomic E-state index is 14.0. The average molecular weight is 278 g/mol. The molecule has 20 heavy (non-hydrogen) atoms. The summed E-state index contributed by atoms with van der Waals surface area (Å²) in [5, 5.41) is 5.66. The summed E-state index contributed by atoms with van der Waals surface area (Å²) < 4.78 is 27.7. The van der Waals surface area contributed by atoms with E-state index in [1.807, 2.05) is 6.92 Å². The van der Waals surface area contributed by atoms with Crippen LogP contribution in [0.5, 0.6) is 0 Å². The van der Waals surface area contributed by atoms with Crippen LogP contribution in [-0.2, 0) is 0 Å². The highest BCUT2D eigenvalue weighted by molar-refractivity contribution is 5.62. The van der Waals surface area contributed by atoms with Gasteiger partial charge in [-0.15, -0.1) is 0 Å². The second kappa shape index (κ2) is 5.81. The molecule has 6 heteroatoms. The molecule has 2 rings (SSSR count). The minimum absolute atomic E-state index is 0.200. The molecule has 0 saturated heterocycles. The summed E-state index contributed by atoms with van der Waals surface area (Å²) in [4.78, 5) is 8.29. The number of nitrogens with zero attached hydrogens (tertiary/aromatic N) is 2. The van der Waals surface area contributed by atoms with Crippen LogP contribution in [-0.4, -0.2) is 16.5 Å². The van der Waals surface area contributed by atoms with Gasteiger partial charge >= 0.3 is 0 Å². The van der Waals surface area contributed by atoms with Crippen molar-refractivity contribution < 1.29 is 8.78 Å². The number of hydrogen-bond acceptors (Lipinski definition) is 4. The van der Waals surface area contributed by atoms with Crippen molar-refractivity contribution in [2.24, 2.45) is 0 Å². The summed E-state index contributed by atoms with van der Waals surface area (Å²) in [7, 11) is 0. The van der Waals surface area contributed by atoms with Gasteiger partial charge in [0, 0.05) is 18.3 Å². The summed E-state index contributed by atoms with van der Waals surface area (Å²) in [6, 6.07) is 2.62. The number of hydrogen-bond donors (Lipinski definition) is 2. The third-order valence-electron chi connectivity index (χ3n) is 2.83. The minimum atomic E-state index is -0.656. The Morgan fingerprint density at radius 2 is 1.90 bits per heavy atom. The van der Waals surface area contributed by atoms with Crippen LogP contribution in [0.3, 0.4) is 0 Å². The zero-order valence-electron chi connectivity index (χ0n) is 11.6. The molecule has 0 atom stereocenters. The van der Waals surface area contributed by atoms with Crippen molar-refractivity contribution >= 4 is 17.5 Å². The van der Waals surface area contributed by atoms with Gasteiger partial charge in [-0.2, -0.15) is 4.98 Å². The molecule has 2 aromatic rings. The van der Waals surface area contributed by atoms with E-state index in [4.69, 9.17) is 0 Å². The van der Waals surface area contributed by atoms with Gasteiger partial charge in [0.25, 0.3) is 0 Å². The molecule has 0 bridgehead atoms. The maximum absolute atomic E-state index is 14.0. The number of rotatable bonds is 4. The van der Waals surface area contributed by atoms with E-state index in [1.54, 1.807) is 20.0 Å². The van der Waals surface area contributed by atoms with Gasteiger partial charge in [-0.25, -0.2) is 13.8 Å². The van der Waals surface area contributed by atoms with Gasteiger partial charge in [0.2, 0.25) is 5.95 Å². The van der Waals surface area contributed by atoms with Crippen LogP contribution in [0.4, 0.5) is 26.2 Å². The molecule has 0 aliphatic carbocycles. The molecule has 0 aliphatic heterocycles. The molecule has 106 valence electrons. The Kier molecular flexibility index (Phi) is 4.12. The van der Waals surface area contributed by atoms with Crippen LogP contribution in [0.1, 0.15) is 18.1 Å². The van der Waals surface area contributed by atoms with Gasteiger partial charge < -0.3 is 10.6 Å². The van der Waals surface area contributed by atoms with Gasteiger partial charge in [0.15, 0.2) is 5.82 Å². The van der Waals surface area contributed by atoms with Crippen LogP contribution in [0.2, 0.25) is 0 Å². The highest BCUT2D eigenvalue weighted by atomic mass is 19.1. The number of benzene rings is 1. The SMILES string of the molecule is CCNc1ncc(C)c(Nc2c(F)ccc(C)c2F)n1. The third-order valence-corrected chi connectivity index (χ3v) is 2.83. The second-order valence-corrected chi connectivity index (χ2v) is 4.43. The summed E-state index contributed by atoms with van der Waals surface area (Å²) >= 11 is 0. The molecule has 0 amide bonds. The maximum Gasteiger partial charge on any atom is 0.224 e. The van der Waals surface area contributed by atoms with Crippen molar-refractivity contribution in [3.8, 4) is 0 Å². The lowest BCUT2D eigenvalue weighted by atomic mass is 10.2. The zero-order chi connectivity index (χ0) is 14.7. The van der Waals surface area contributed by atoms with Gasteiger partial charge in [-0.1, -0.05) is 6.07 Å². The van der Waals surface area contributed by atoms with Crippen LogP contribution < -0.4 is 10.6 Å². The predicted octanol–water partition coefficient (Wildman–Crippen LogP) is 3.55. The van der Waals surface area contributed by atoms with Gasteiger partial charge in [-0.3, -0.25) is 0 Å². The average Bonchev–Trinajstić information content (AvgIpc) is 2.43. The molecule has 1 aromatic carbocycles. The van der Waals surface area contributed by atoms with E-state index in [0.29, 0.717) is 29.4 Å². The Hall–Kier alpha value is -2.24. The first-order chi connectivity index (χ1) is 9.52.